The van der Waals surface area contributed by atoms with E-state index in [0.29, 0.717) is 36.8 Å². The van der Waals surface area contributed by atoms with Crippen molar-refractivity contribution >= 4 is 34.4 Å². The smallest absolute Gasteiger partial charge is 0.306 e. The van der Waals surface area contributed by atoms with E-state index in [1.165, 1.54) is 0 Å². The Kier molecular flexibility index (Phi) is 4.05. The first kappa shape index (κ1) is 15.9. The van der Waals surface area contributed by atoms with Gasteiger partial charge >= 0.3 is 5.97 Å². The first-order valence-electron chi connectivity index (χ1n) is 8.20. The molecule has 0 spiro atoms. The van der Waals surface area contributed by atoms with Crippen molar-refractivity contribution in [1.29, 1.82) is 0 Å². The van der Waals surface area contributed by atoms with Gasteiger partial charge in [-0.25, -0.2) is 9.97 Å². The predicted molar refractivity (Wildman–Crippen MR) is 96.9 cm³/mol. The second-order valence-electron chi connectivity index (χ2n) is 6.22. The van der Waals surface area contributed by atoms with Crippen LogP contribution in [0.5, 0.6) is 0 Å². The first-order chi connectivity index (χ1) is 12.1. The summed E-state index contributed by atoms with van der Waals surface area (Å²) in [5.41, 5.74) is 2.63. The molecule has 1 aromatic carbocycles. The summed E-state index contributed by atoms with van der Waals surface area (Å²) in [7, 11) is 0. The van der Waals surface area contributed by atoms with E-state index in [1.54, 1.807) is 6.20 Å². The normalized spacial score (nSPS) is 15.6. The summed E-state index contributed by atoms with van der Waals surface area (Å²) in [5, 5.41) is 9.66. The number of benzene rings is 1. The van der Waals surface area contributed by atoms with Gasteiger partial charge in [-0.1, -0.05) is 23.7 Å². The Balaban J connectivity index is 1.64. The number of anilines is 1. The number of carbonyl (C=O) groups is 1. The SMILES string of the molecule is O=C(O)C1CCN(c2cc(-c3nc4ccccc4[nH]3)c(Cl)cn2)CC1. The van der Waals surface area contributed by atoms with Crippen LogP contribution in [-0.2, 0) is 4.79 Å². The Morgan fingerprint density at radius 2 is 2.04 bits per heavy atom. The molecule has 0 bridgehead atoms. The number of aromatic amines is 1. The molecule has 7 heteroatoms. The van der Waals surface area contributed by atoms with Crippen LogP contribution in [0, 0.1) is 5.92 Å². The number of carboxylic acid groups (broad SMARTS) is 1. The van der Waals surface area contributed by atoms with E-state index in [1.807, 2.05) is 30.3 Å². The fourth-order valence-electron chi connectivity index (χ4n) is 3.22. The average molecular weight is 357 g/mol. The molecule has 0 saturated carbocycles. The topological polar surface area (TPSA) is 82.1 Å². The number of halogens is 1. The molecule has 6 nitrogen and oxygen atoms in total. The van der Waals surface area contributed by atoms with E-state index in [9.17, 15) is 4.79 Å². The molecule has 4 rings (SSSR count). The number of carboxylic acids is 1. The number of aliphatic carboxylic acids is 1. The third kappa shape index (κ3) is 3.05. The number of nitrogens with zero attached hydrogens (tertiary/aromatic N) is 3. The van der Waals surface area contributed by atoms with Gasteiger partial charge in [0.1, 0.15) is 11.6 Å². The van der Waals surface area contributed by atoms with Gasteiger partial charge in [0.15, 0.2) is 0 Å². The van der Waals surface area contributed by atoms with Gasteiger partial charge in [-0.15, -0.1) is 0 Å². The maximum atomic E-state index is 11.1. The molecule has 0 unspecified atom stereocenters. The number of H-pyrrole nitrogens is 1. The van der Waals surface area contributed by atoms with Crippen molar-refractivity contribution in [3.63, 3.8) is 0 Å². The Labute approximate surface area is 149 Å². The lowest BCUT2D eigenvalue weighted by Gasteiger charge is -2.31. The van der Waals surface area contributed by atoms with Crippen molar-refractivity contribution in [2.45, 2.75) is 12.8 Å². The second-order valence-corrected chi connectivity index (χ2v) is 6.63. The number of imidazole rings is 1. The number of nitrogens with one attached hydrogen (secondary N) is 1. The van der Waals surface area contributed by atoms with Gasteiger partial charge in [0.25, 0.3) is 0 Å². The quantitative estimate of drug-likeness (QED) is 0.749. The molecule has 0 atom stereocenters. The van der Waals surface area contributed by atoms with Crippen molar-refractivity contribution in [2.24, 2.45) is 5.92 Å². The highest BCUT2D eigenvalue weighted by atomic mass is 35.5. The number of fused-ring (bicyclic) bond motifs is 1. The number of hydrogen-bond donors (Lipinski definition) is 2. The number of pyridine rings is 1. The average Bonchev–Trinajstić information content (AvgIpc) is 3.06. The van der Waals surface area contributed by atoms with Gasteiger partial charge in [-0.05, 0) is 31.0 Å². The van der Waals surface area contributed by atoms with E-state index < -0.39 is 5.97 Å². The summed E-state index contributed by atoms with van der Waals surface area (Å²) in [6, 6.07) is 9.73. The monoisotopic (exact) mass is 356 g/mol. The highest BCUT2D eigenvalue weighted by molar-refractivity contribution is 6.33. The number of hydrogen-bond acceptors (Lipinski definition) is 4. The van der Waals surface area contributed by atoms with Crippen LogP contribution < -0.4 is 4.90 Å². The minimum absolute atomic E-state index is 0.265. The van der Waals surface area contributed by atoms with Gasteiger partial charge in [0.2, 0.25) is 0 Å². The van der Waals surface area contributed by atoms with Crippen molar-refractivity contribution in [3.05, 3.63) is 41.6 Å². The fourth-order valence-corrected chi connectivity index (χ4v) is 3.41. The third-order valence-electron chi connectivity index (χ3n) is 4.65. The lowest BCUT2D eigenvalue weighted by Crippen LogP contribution is -2.36. The molecular weight excluding hydrogens is 340 g/mol. The summed E-state index contributed by atoms with van der Waals surface area (Å²) < 4.78 is 0. The number of rotatable bonds is 3. The summed E-state index contributed by atoms with van der Waals surface area (Å²) in [4.78, 5) is 25.5. The zero-order valence-electron chi connectivity index (χ0n) is 13.4. The van der Waals surface area contributed by atoms with Crippen molar-refractivity contribution in [2.75, 3.05) is 18.0 Å². The Hall–Kier alpha value is -2.60. The van der Waals surface area contributed by atoms with Crippen LogP contribution in [0.15, 0.2) is 36.5 Å². The third-order valence-corrected chi connectivity index (χ3v) is 4.95. The summed E-state index contributed by atoms with van der Waals surface area (Å²) in [6.45, 7) is 1.34. The number of para-hydroxylation sites is 2. The molecule has 1 saturated heterocycles. The molecule has 128 valence electrons. The van der Waals surface area contributed by atoms with E-state index in [0.717, 1.165) is 22.4 Å². The second kappa shape index (κ2) is 6.37. The van der Waals surface area contributed by atoms with Crippen molar-refractivity contribution in [1.82, 2.24) is 15.0 Å². The molecule has 1 fully saturated rings. The van der Waals surface area contributed by atoms with E-state index in [-0.39, 0.29) is 5.92 Å². The maximum absolute atomic E-state index is 11.1. The largest absolute Gasteiger partial charge is 0.481 e. The van der Waals surface area contributed by atoms with Crippen LogP contribution in [-0.4, -0.2) is 39.1 Å². The molecule has 0 amide bonds. The van der Waals surface area contributed by atoms with Gasteiger partial charge < -0.3 is 15.0 Å². The zero-order chi connectivity index (χ0) is 17.4. The highest BCUT2D eigenvalue weighted by Crippen LogP contribution is 2.31. The summed E-state index contributed by atoms with van der Waals surface area (Å²) in [6.07, 6.45) is 2.88. The molecule has 2 N–H and O–H groups in total. The molecule has 1 aliphatic heterocycles. The van der Waals surface area contributed by atoms with E-state index >= 15 is 0 Å². The highest BCUT2D eigenvalue weighted by Gasteiger charge is 2.25. The minimum atomic E-state index is -0.716. The van der Waals surface area contributed by atoms with Gasteiger partial charge in [0.05, 0.1) is 22.0 Å². The maximum Gasteiger partial charge on any atom is 0.306 e. The zero-order valence-corrected chi connectivity index (χ0v) is 14.2. The van der Waals surface area contributed by atoms with Crippen molar-refractivity contribution in [3.8, 4) is 11.4 Å². The molecule has 0 radical (unpaired) electrons. The van der Waals surface area contributed by atoms with Crippen LogP contribution in [0.25, 0.3) is 22.4 Å². The molecule has 25 heavy (non-hydrogen) atoms. The minimum Gasteiger partial charge on any atom is -0.481 e. The molecule has 2 aromatic heterocycles. The fraction of sp³-hybridized carbons (Fsp3) is 0.278. The first-order valence-corrected chi connectivity index (χ1v) is 8.58. The van der Waals surface area contributed by atoms with Crippen LogP contribution in [0.2, 0.25) is 5.02 Å². The summed E-state index contributed by atoms with van der Waals surface area (Å²) >= 11 is 6.34. The van der Waals surface area contributed by atoms with Crippen molar-refractivity contribution < 1.29 is 9.90 Å². The van der Waals surface area contributed by atoms with Crippen LogP contribution in [0.1, 0.15) is 12.8 Å². The molecule has 1 aliphatic rings. The van der Waals surface area contributed by atoms with Crippen LogP contribution in [0.4, 0.5) is 5.82 Å². The predicted octanol–water partition coefficient (Wildman–Crippen LogP) is 3.58. The number of piperidine rings is 1. The van der Waals surface area contributed by atoms with Gasteiger partial charge in [0, 0.05) is 24.8 Å². The molecular formula is C18H17ClN4O2. The Bertz CT molecular complexity index is 899. The Morgan fingerprint density at radius 1 is 1.28 bits per heavy atom. The molecule has 3 heterocycles. The van der Waals surface area contributed by atoms with E-state index in [2.05, 4.69) is 19.9 Å². The summed E-state index contributed by atoms with van der Waals surface area (Å²) in [5.74, 6) is 0.518. The molecule has 3 aromatic rings. The van der Waals surface area contributed by atoms with E-state index in [4.69, 9.17) is 16.7 Å². The lowest BCUT2D eigenvalue weighted by atomic mass is 9.97. The van der Waals surface area contributed by atoms with Crippen LogP contribution >= 0.6 is 11.6 Å². The number of aromatic nitrogens is 3. The lowest BCUT2D eigenvalue weighted by molar-refractivity contribution is -0.142. The molecule has 0 aliphatic carbocycles. The Morgan fingerprint density at radius 3 is 2.76 bits per heavy atom. The van der Waals surface area contributed by atoms with Crippen LogP contribution in [0.3, 0.4) is 0 Å². The van der Waals surface area contributed by atoms with Gasteiger partial charge in [-0.2, -0.15) is 0 Å². The standard InChI is InChI=1S/C18H17ClN4O2/c19-13-10-20-16(23-7-5-11(6-8-23)18(24)25)9-12(13)17-21-14-3-1-2-4-15(14)22-17/h1-4,9-11H,5-8H2,(H,21,22)(H,24,25). The van der Waals surface area contributed by atoms with Gasteiger partial charge in [-0.3, -0.25) is 4.79 Å².